The van der Waals surface area contributed by atoms with Crippen LogP contribution in [-0.2, 0) is 4.79 Å². The van der Waals surface area contributed by atoms with Crippen LogP contribution in [0.15, 0.2) is 78.9 Å². The average molecular weight is 395 g/mol. The van der Waals surface area contributed by atoms with E-state index in [1.165, 1.54) is 12.5 Å². The number of aromatic nitrogens is 1. The molecule has 0 unspecified atom stereocenters. The van der Waals surface area contributed by atoms with Crippen LogP contribution >= 0.6 is 0 Å². The first-order valence-corrected chi connectivity index (χ1v) is 9.65. The van der Waals surface area contributed by atoms with E-state index in [1.807, 2.05) is 61.5 Å². The van der Waals surface area contributed by atoms with Gasteiger partial charge in [-0.15, -0.1) is 0 Å². The van der Waals surface area contributed by atoms with E-state index >= 15 is 0 Å². The Labute approximate surface area is 174 Å². The molecule has 30 heavy (non-hydrogen) atoms. The van der Waals surface area contributed by atoms with Gasteiger partial charge in [0, 0.05) is 29.2 Å². The molecule has 2 N–H and O–H groups in total. The normalized spacial score (nSPS) is 10.6. The van der Waals surface area contributed by atoms with Gasteiger partial charge in [-0.2, -0.15) is 0 Å². The van der Waals surface area contributed by atoms with E-state index in [9.17, 15) is 9.59 Å². The second kappa shape index (κ2) is 8.17. The molecular weight excluding hydrogens is 374 g/mol. The van der Waals surface area contributed by atoms with Crippen LogP contribution in [0.25, 0.3) is 22.2 Å². The Hall–Kier alpha value is -3.99. The molecule has 0 saturated carbocycles. The number of carbonyl (C=O) groups is 2. The molecule has 0 fully saturated rings. The van der Waals surface area contributed by atoms with Crippen molar-refractivity contribution in [3.8, 4) is 11.3 Å². The molecule has 0 spiro atoms. The lowest BCUT2D eigenvalue weighted by Gasteiger charge is -2.11. The number of carbonyl (C=O) groups excluding carboxylic acids is 2. The number of aryl methyl sites for hydroxylation is 1. The largest absolute Gasteiger partial charge is 0.326 e. The number of para-hydroxylation sites is 1. The Kier molecular flexibility index (Phi) is 5.26. The Bertz CT molecular complexity index is 1230. The van der Waals surface area contributed by atoms with Gasteiger partial charge >= 0.3 is 0 Å². The molecule has 148 valence electrons. The molecule has 4 aromatic rings. The van der Waals surface area contributed by atoms with E-state index in [4.69, 9.17) is 4.98 Å². The van der Waals surface area contributed by atoms with E-state index < -0.39 is 0 Å². The number of benzene rings is 3. The molecule has 0 radical (unpaired) electrons. The van der Waals surface area contributed by atoms with Gasteiger partial charge in [0.25, 0.3) is 5.91 Å². The minimum atomic E-state index is -0.214. The van der Waals surface area contributed by atoms with E-state index in [0.717, 1.165) is 22.2 Å². The van der Waals surface area contributed by atoms with Gasteiger partial charge in [0.15, 0.2) is 0 Å². The molecule has 0 atom stereocenters. The molecule has 0 aliphatic carbocycles. The maximum Gasteiger partial charge on any atom is 0.256 e. The summed E-state index contributed by atoms with van der Waals surface area (Å²) in [7, 11) is 0. The number of rotatable bonds is 4. The van der Waals surface area contributed by atoms with Crippen LogP contribution in [0.2, 0.25) is 0 Å². The quantitative estimate of drug-likeness (QED) is 0.485. The van der Waals surface area contributed by atoms with Crippen LogP contribution in [-0.4, -0.2) is 16.8 Å². The average Bonchev–Trinajstić information content (AvgIpc) is 2.74. The third kappa shape index (κ3) is 4.20. The molecule has 1 heterocycles. The topological polar surface area (TPSA) is 71.1 Å². The van der Waals surface area contributed by atoms with E-state index in [-0.39, 0.29) is 11.8 Å². The molecule has 0 bridgehead atoms. The maximum absolute atomic E-state index is 13.1. The summed E-state index contributed by atoms with van der Waals surface area (Å²) in [6, 6.07) is 24.5. The van der Waals surface area contributed by atoms with Gasteiger partial charge in [0.1, 0.15) is 0 Å². The summed E-state index contributed by atoms with van der Waals surface area (Å²) in [5.74, 6) is -0.354. The van der Waals surface area contributed by atoms with Crippen LogP contribution < -0.4 is 10.6 Å². The van der Waals surface area contributed by atoms with Crippen molar-refractivity contribution in [2.45, 2.75) is 13.8 Å². The van der Waals surface area contributed by atoms with Crippen LogP contribution in [0.3, 0.4) is 0 Å². The summed E-state index contributed by atoms with van der Waals surface area (Å²) in [5.41, 5.74) is 5.52. The maximum atomic E-state index is 13.1. The van der Waals surface area contributed by atoms with E-state index in [1.54, 1.807) is 24.3 Å². The predicted molar refractivity (Wildman–Crippen MR) is 121 cm³/mol. The number of pyridine rings is 1. The van der Waals surface area contributed by atoms with Crippen LogP contribution in [0.4, 0.5) is 11.4 Å². The predicted octanol–water partition coefficient (Wildman–Crippen LogP) is 5.42. The zero-order valence-corrected chi connectivity index (χ0v) is 16.8. The minimum Gasteiger partial charge on any atom is -0.326 e. The van der Waals surface area contributed by atoms with Gasteiger partial charge in [-0.25, -0.2) is 4.98 Å². The molecule has 1 aromatic heterocycles. The third-order valence-corrected chi connectivity index (χ3v) is 4.77. The fraction of sp³-hybridized carbons (Fsp3) is 0.0800. The summed E-state index contributed by atoms with van der Waals surface area (Å²) in [6.07, 6.45) is 0. The van der Waals surface area contributed by atoms with Gasteiger partial charge in [-0.05, 0) is 43.3 Å². The molecule has 4 rings (SSSR count). The van der Waals surface area contributed by atoms with Gasteiger partial charge in [0.2, 0.25) is 5.91 Å². The van der Waals surface area contributed by atoms with Gasteiger partial charge in [0.05, 0.1) is 16.8 Å². The fourth-order valence-corrected chi connectivity index (χ4v) is 3.27. The van der Waals surface area contributed by atoms with Crippen LogP contribution in [0.1, 0.15) is 22.8 Å². The number of nitrogens with zero attached hydrogens (tertiary/aromatic N) is 1. The molecule has 2 amide bonds. The van der Waals surface area contributed by atoms with E-state index in [2.05, 4.69) is 10.6 Å². The highest BCUT2D eigenvalue weighted by molar-refractivity contribution is 6.13. The first-order valence-electron chi connectivity index (χ1n) is 9.65. The standard InChI is InChI=1S/C25H21N3O2/c1-16-7-9-18(10-8-16)24-15-22(21-5-3-4-6-23(21)28-24)25(30)27-20-13-11-19(12-14-20)26-17(2)29/h3-15H,1-2H3,(H,26,29)(H,27,30). The lowest BCUT2D eigenvalue weighted by atomic mass is 10.0. The molecule has 0 saturated heterocycles. The summed E-state index contributed by atoms with van der Waals surface area (Å²) >= 11 is 0. The van der Waals surface area contributed by atoms with Crippen molar-refractivity contribution in [3.63, 3.8) is 0 Å². The highest BCUT2D eigenvalue weighted by Gasteiger charge is 2.14. The number of nitrogens with one attached hydrogen (secondary N) is 2. The van der Waals surface area contributed by atoms with E-state index in [0.29, 0.717) is 16.9 Å². The van der Waals surface area contributed by atoms with Crippen molar-refractivity contribution >= 4 is 34.1 Å². The first kappa shape index (κ1) is 19.3. The Morgan fingerprint density at radius 3 is 2.10 bits per heavy atom. The Morgan fingerprint density at radius 1 is 0.800 bits per heavy atom. The summed E-state index contributed by atoms with van der Waals surface area (Å²) in [5, 5.41) is 6.44. The first-order chi connectivity index (χ1) is 14.5. The number of anilines is 2. The van der Waals surface area contributed by atoms with Gasteiger partial charge in [-0.3, -0.25) is 9.59 Å². The van der Waals surface area contributed by atoms with Crippen molar-refractivity contribution in [1.82, 2.24) is 4.98 Å². The highest BCUT2D eigenvalue weighted by atomic mass is 16.2. The van der Waals surface area contributed by atoms with Crippen molar-refractivity contribution in [2.75, 3.05) is 10.6 Å². The number of hydrogen-bond acceptors (Lipinski definition) is 3. The van der Waals surface area contributed by atoms with Crippen LogP contribution in [0, 0.1) is 6.92 Å². The lowest BCUT2D eigenvalue weighted by molar-refractivity contribution is -0.114. The SMILES string of the molecule is CC(=O)Nc1ccc(NC(=O)c2cc(-c3ccc(C)cc3)nc3ccccc23)cc1. The van der Waals surface area contributed by atoms with Crippen LogP contribution in [0.5, 0.6) is 0 Å². The molecule has 5 heteroatoms. The van der Waals surface area contributed by atoms with Gasteiger partial charge in [-0.1, -0.05) is 48.0 Å². The zero-order valence-electron chi connectivity index (χ0n) is 16.8. The highest BCUT2D eigenvalue weighted by Crippen LogP contribution is 2.26. The monoisotopic (exact) mass is 395 g/mol. The third-order valence-electron chi connectivity index (χ3n) is 4.77. The fourth-order valence-electron chi connectivity index (χ4n) is 3.27. The van der Waals surface area contributed by atoms with Crippen molar-refractivity contribution in [2.24, 2.45) is 0 Å². The van der Waals surface area contributed by atoms with Crippen molar-refractivity contribution in [3.05, 3.63) is 90.0 Å². The molecular formula is C25H21N3O2. The van der Waals surface area contributed by atoms with Crippen molar-refractivity contribution < 1.29 is 9.59 Å². The second-order valence-electron chi connectivity index (χ2n) is 7.15. The second-order valence-corrected chi connectivity index (χ2v) is 7.15. The Balaban J connectivity index is 1.69. The summed E-state index contributed by atoms with van der Waals surface area (Å²) in [4.78, 5) is 29.0. The molecule has 0 aliphatic heterocycles. The summed E-state index contributed by atoms with van der Waals surface area (Å²) < 4.78 is 0. The smallest absolute Gasteiger partial charge is 0.256 e. The number of amides is 2. The minimum absolute atomic E-state index is 0.140. The lowest BCUT2D eigenvalue weighted by Crippen LogP contribution is -2.13. The number of hydrogen-bond donors (Lipinski definition) is 2. The van der Waals surface area contributed by atoms with Gasteiger partial charge < -0.3 is 10.6 Å². The Morgan fingerprint density at radius 2 is 1.43 bits per heavy atom. The molecule has 0 aliphatic rings. The molecule has 3 aromatic carbocycles. The summed E-state index contributed by atoms with van der Waals surface area (Å²) in [6.45, 7) is 3.49. The zero-order chi connectivity index (χ0) is 21.1. The molecule has 5 nitrogen and oxygen atoms in total. The van der Waals surface area contributed by atoms with Crippen molar-refractivity contribution in [1.29, 1.82) is 0 Å². The number of fused-ring (bicyclic) bond motifs is 1.